The average Bonchev–Trinajstić information content (AvgIpc) is 3.61. The maximum Gasteiger partial charge on any atom is 0.271 e. The number of aryl methyl sites for hydroxylation is 1. The molecule has 0 saturated carbocycles. The molecule has 0 aliphatic carbocycles. The quantitative estimate of drug-likeness (QED) is 0.176. The molecule has 1 atom stereocenters. The number of carbonyl (C=O) groups excluding carboxylic acids is 1. The summed E-state index contributed by atoms with van der Waals surface area (Å²) >= 11 is 13.8. The summed E-state index contributed by atoms with van der Waals surface area (Å²) in [4.78, 5) is 33.9. The van der Waals surface area contributed by atoms with Gasteiger partial charge in [0, 0.05) is 34.9 Å². The van der Waals surface area contributed by atoms with Gasteiger partial charge in [-0.05, 0) is 73.0 Å². The lowest BCUT2D eigenvalue weighted by Crippen LogP contribution is -2.40. The highest BCUT2D eigenvalue weighted by atomic mass is 35.5. The standard InChI is InChI=1S/C39H32Cl2N4O4S/c1-22-9-5-7-11-30(22)43-37(46)35-23(2)42-39-45(36(35)25-14-16-32(48-3)33(18-25)49-4)38(47)34(50-39)19-26-21-44(31-12-8-6-10-27(26)31)20-24-13-15-28(40)29(41)17-24/h5-19,21,36H,20H2,1-4H3,(H,43,46)/b34-19-. The number of carbonyl (C=O) groups is 1. The summed E-state index contributed by atoms with van der Waals surface area (Å²) in [6.45, 7) is 4.29. The third-order valence-corrected chi connectivity index (χ3v) is 10.5. The lowest BCUT2D eigenvalue weighted by molar-refractivity contribution is -0.113. The molecule has 50 heavy (non-hydrogen) atoms. The molecule has 11 heteroatoms. The van der Waals surface area contributed by atoms with Crippen LogP contribution < -0.4 is 29.7 Å². The van der Waals surface area contributed by atoms with E-state index in [0.29, 0.717) is 59.9 Å². The smallest absolute Gasteiger partial charge is 0.271 e. The Hall–Kier alpha value is -5.09. The number of halogens is 2. The van der Waals surface area contributed by atoms with Crippen LogP contribution in [0.2, 0.25) is 10.0 Å². The molecular formula is C39H32Cl2N4O4S. The predicted molar refractivity (Wildman–Crippen MR) is 201 cm³/mol. The number of nitrogens with zero attached hydrogens (tertiary/aromatic N) is 3. The molecule has 4 aromatic carbocycles. The molecule has 6 aromatic rings. The maximum atomic E-state index is 14.5. The Labute approximate surface area is 302 Å². The molecule has 8 nitrogen and oxygen atoms in total. The topological polar surface area (TPSA) is 86.9 Å². The number of rotatable bonds is 8. The number of thiazole rings is 1. The monoisotopic (exact) mass is 722 g/mol. The van der Waals surface area contributed by atoms with Crippen LogP contribution in [0.25, 0.3) is 17.0 Å². The molecule has 1 unspecified atom stereocenters. The van der Waals surface area contributed by atoms with Gasteiger partial charge in [-0.25, -0.2) is 4.99 Å². The van der Waals surface area contributed by atoms with Gasteiger partial charge in [0.2, 0.25) is 0 Å². The Kier molecular flexibility index (Phi) is 9.13. The zero-order chi connectivity index (χ0) is 35.1. The normalized spacial score (nSPS) is 14.4. The third-order valence-electron chi connectivity index (χ3n) is 8.83. The van der Waals surface area contributed by atoms with E-state index in [9.17, 15) is 9.59 Å². The number of amides is 1. The van der Waals surface area contributed by atoms with E-state index >= 15 is 0 Å². The average molecular weight is 724 g/mol. The first-order chi connectivity index (χ1) is 24.2. The zero-order valence-corrected chi connectivity index (χ0v) is 30.0. The van der Waals surface area contributed by atoms with Gasteiger partial charge in [0.15, 0.2) is 16.3 Å². The number of fused-ring (bicyclic) bond motifs is 2. The molecule has 0 fully saturated rings. The first-order valence-electron chi connectivity index (χ1n) is 15.8. The second-order valence-corrected chi connectivity index (χ2v) is 13.8. The minimum Gasteiger partial charge on any atom is -0.493 e. The largest absolute Gasteiger partial charge is 0.493 e. The van der Waals surface area contributed by atoms with E-state index in [1.54, 1.807) is 43.9 Å². The van der Waals surface area contributed by atoms with E-state index in [4.69, 9.17) is 37.7 Å². The molecule has 0 radical (unpaired) electrons. The van der Waals surface area contributed by atoms with Crippen molar-refractivity contribution in [3.8, 4) is 11.5 Å². The van der Waals surface area contributed by atoms with Crippen LogP contribution in [0.3, 0.4) is 0 Å². The number of aromatic nitrogens is 2. The SMILES string of the molecule is COc1ccc(C2C(C(=O)Nc3ccccc3C)=C(C)N=c3s/c(=C\c4cn(Cc5ccc(Cl)c(Cl)c5)c5ccccc45)c(=O)n32)cc1OC. The number of allylic oxidation sites excluding steroid dienone is 1. The molecule has 2 aromatic heterocycles. The van der Waals surface area contributed by atoms with Crippen molar-refractivity contribution in [3.63, 3.8) is 0 Å². The summed E-state index contributed by atoms with van der Waals surface area (Å²) in [7, 11) is 3.12. The Bertz CT molecular complexity index is 2530. The zero-order valence-electron chi connectivity index (χ0n) is 27.7. The first kappa shape index (κ1) is 33.4. The lowest BCUT2D eigenvalue weighted by atomic mass is 9.94. The van der Waals surface area contributed by atoms with Crippen molar-refractivity contribution in [1.82, 2.24) is 9.13 Å². The van der Waals surface area contributed by atoms with E-state index in [1.165, 1.54) is 11.3 Å². The molecular weight excluding hydrogens is 691 g/mol. The van der Waals surface area contributed by atoms with Gasteiger partial charge in [-0.2, -0.15) is 0 Å². The molecule has 3 heterocycles. The third kappa shape index (κ3) is 6.13. The van der Waals surface area contributed by atoms with Crippen LogP contribution in [0.15, 0.2) is 112 Å². The lowest BCUT2D eigenvalue weighted by Gasteiger charge is -2.26. The molecule has 1 aliphatic rings. The van der Waals surface area contributed by atoms with Gasteiger partial charge in [-0.1, -0.05) is 83.1 Å². The molecule has 0 spiro atoms. The maximum absolute atomic E-state index is 14.5. The van der Waals surface area contributed by atoms with Crippen molar-refractivity contribution < 1.29 is 14.3 Å². The number of hydrogen-bond donors (Lipinski definition) is 1. The minimum absolute atomic E-state index is 0.261. The highest BCUT2D eigenvalue weighted by Gasteiger charge is 2.33. The van der Waals surface area contributed by atoms with Crippen LogP contribution in [0, 0.1) is 6.92 Å². The first-order valence-corrected chi connectivity index (χ1v) is 17.4. The van der Waals surface area contributed by atoms with E-state index in [0.717, 1.165) is 27.6 Å². The predicted octanol–water partition coefficient (Wildman–Crippen LogP) is 7.51. The van der Waals surface area contributed by atoms with Gasteiger partial charge < -0.3 is 19.4 Å². The van der Waals surface area contributed by atoms with Crippen LogP contribution in [0.4, 0.5) is 5.69 Å². The van der Waals surface area contributed by atoms with Crippen LogP contribution >= 0.6 is 34.5 Å². The number of benzene rings is 4. The summed E-state index contributed by atoms with van der Waals surface area (Å²) in [6.07, 6.45) is 3.93. The fraction of sp³-hybridized carbons (Fsp3) is 0.154. The van der Waals surface area contributed by atoms with Crippen LogP contribution in [-0.4, -0.2) is 29.3 Å². The van der Waals surface area contributed by atoms with Crippen molar-refractivity contribution in [2.24, 2.45) is 4.99 Å². The van der Waals surface area contributed by atoms with E-state index in [-0.39, 0.29) is 11.5 Å². The van der Waals surface area contributed by atoms with Gasteiger partial charge >= 0.3 is 0 Å². The minimum atomic E-state index is -0.784. The molecule has 0 bridgehead atoms. The fourth-order valence-electron chi connectivity index (χ4n) is 6.35. The van der Waals surface area contributed by atoms with E-state index < -0.39 is 6.04 Å². The second-order valence-electron chi connectivity index (χ2n) is 11.9. The molecule has 7 rings (SSSR count). The Morgan fingerprint density at radius 2 is 1.70 bits per heavy atom. The van der Waals surface area contributed by atoms with Crippen molar-refractivity contribution in [2.75, 3.05) is 19.5 Å². The van der Waals surface area contributed by atoms with Gasteiger partial charge in [-0.15, -0.1) is 0 Å². The molecule has 1 amide bonds. The Balaban J connectivity index is 1.37. The number of para-hydroxylation sites is 2. The fourth-order valence-corrected chi connectivity index (χ4v) is 7.71. The second kappa shape index (κ2) is 13.7. The van der Waals surface area contributed by atoms with E-state index in [1.807, 2.05) is 85.9 Å². The molecule has 1 aliphatic heterocycles. The molecule has 0 saturated heterocycles. The highest BCUT2D eigenvalue weighted by molar-refractivity contribution is 7.07. The van der Waals surface area contributed by atoms with Crippen molar-refractivity contribution in [2.45, 2.75) is 26.4 Å². The number of ether oxygens (including phenoxy) is 2. The van der Waals surface area contributed by atoms with Crippen LogP contribution in [0.5, 0.6) is 11.5 Å². The Morgan fingerprint density at radius 3 is 2.46 bits per heavy atom. The van der Waals surface area contributed by atoms with Crippen LogP contribution in [0.1, 0.15) is 35.2 Å². The van der Waals surface area contributed by atoms with Gasteiger partial charge in [-0.3, -0.25) is 14.2 Å². The number of methoxy groups -OCH3 is 2. The Morgan fingerprint density at radius 1 is 0.940 bits per heavy atom. The van der Waals surface area contributed by atoms with Gasteiger partial charge in [0.05, 0.1) is 46.1 Å². The van der Waals surface area contributed by atoms with Crippen LogP contribution in [-0.2, 0) is 11.3 Å². The van der Waals surface area contributed by atoms with Crippen molar-refractivity contribution in [1.29, 1.82) is 0 Å². The number of hydrogen-bond acceptors (Lipinski definition) is 6. The highest BCUT2D eigenvalue weighted by Crippen LogP contribution is 2.36. The number of anilines is 1. The summed E-state index contributed by atoms with van der Waals surface area (Å²) < 4.78 is 15.3. The molecule has 1 N–H and O–H groups in total. The summed E-state index contributed by atoms with van der Waals surface area (Å²) in [5.74, 6) is 0.669. The number of nitrogens with one attached hydrogen (secondary N) is 1. The van der Waals surface area contributed by atoms with Crippen molar-refractivity contribution >= 4 is 63.1 Å². The van der Waals surface area contributed by atoms with E-state index in [2.05, 4.69) is 9.88 Å². The summed E-state index contributed by atoms with van der Waals surface area (Å²) in [5.41, 5.74) is 5.76. The summed E-state index contributed by atoms with van der Waals surface area (Å²) in [5, 5.41) is 5.04. The summed E-state index contributed by atoms with van der Waals surface area (Å²) in [6, 6.07) is 25.8. The van der Waals surface area contributed by atoms with Crippen molar-refractivity contribution in [3.05, 3.63) is 154 Å². The van der Waals surface area contributed by atoms with Gasteiger partial charge in [0.1, 0.15) is 0 Å². The molecule has 252 valence electrons. The van der Waals surface area contributed by atoms with Gasteiger partial charge in [0.25, 0.3) is 11.5 Å².